The van der Waals surface area contributed by atoms with E-state index in [4.69, 9.17) is 4.74 Å². The molecule has 0 saturated heterocycles. The monoisotopic (exact) mass is 334 g/mol. The van der Waals surface area contributed by atoms with Crippen LogP contribution in [0.1, 0.15) is 0 Å². The Morgan fingerprint density at radius 1 is 1.04 bits per heavy atom. The van der Waals surface area contributed by atoms with Crippen molar-refractivity contribution in [2.45, 2.75) is 0 Å². The van der Waals surface area contributed by atoms with Gasteiger partial charge in [0.25, 0.3) is 0 Å². The summed E-state index contributed by atoms with van der Waals surface area (Å²) >= 11 is 0. The summed E-state index contributed by atoms with van der Waals surface area (Å²) in [6, 6.07) is 15.9. The average Bonchev–Trinajstić information content (AvgIpc) is 3.09. The third-order valence-corrected chi connectivity index (χ3v) is 3.91. The Morgan fingerprint density at radius 3 is 2.68 bits per heavy atom. The van der Waals surface area contributed by atoms with Crippen LogP contribution in [0, 0.1) is 5.82 Å². The van der Waals surface area contributed by atoms with E-state index in [1.165, 1.54) is 18.5 Å². The molecule has 2 heterocycles. The molecule has 2 aromatic heterocycles. The molecular weight excluding hydrogens is 319 g/mol. The van der Waals surface area contributed by atoms with Crippen LogP contribution in [0.25, 0.3) is 22.3 Å². The first-order valence-electron chi connectivity index (χ1n) is 7.74. The van der Waals surface area contributed by atoms with Gasteiger partial charge in [-0.25, -0.2) is 14.4 Å². The summed E-state index contributed by atoms with van der Waals surface area (Å²) in [4.78, 5) is 11.9. The normalized spacial score (nSPS) is 10.8. The number of benzene rings is 2. The largest absolute Gasteiger partial charge is 0.497 e. The van der Waals surface area contributed by atoms with Gasteiger partial charge in [0, 0.05) is 16.9 Å². The molecule has 4 rings (SSSR count). The summed E-state index contributed by atoms with van der Waals surface area (Å²) in [5.74, 6) is 1.16. The van der Waals surface area contributed by atoms with E-state index in [0.29, 0.717) is 5.82 Å². The van der Waals surface area contributed by atoms with E-state index in [0.717, 1.165) is 33.7 Å². The first-order valence-corrected chi connectivity index (χ1v) is 7.74. The third kappa shape index (κ3) is 3.01. The molecule has 124 valence electrons. The van der Waals surface area contributed by atoms with Gasteiger partial charge in [-0.2, -0.15) is 0 Å². The van der Waals surface area contributed by atoms with Crippen molar-refractivity contribution in [2.24, 2.45) is 0 Å². The van der Waals surface area contributed by atoms with E-state index in [2.05, 4.69) is 20.3 Å². The number of rotatable bonds is 4. The summed E-state index contributed by atoms with van der Waals surface area (Å²) in [5.41, 5.74) is 3.38. The zero-order valence-electron chi connectivity index (χ0n) is 13.5. The van der Waals surface area contributed by atoms with E-state index in [1.54, 1.807) is 19.2 Å². The van der Waals surface area contributed by atoms with Gasteiger partial charge in [-0.05, 0) is 42.5 Å². The third-order valence-electron chi connectivity index (χ3n) is 3.91. The maximum Gasteiger partial charge on any atom is 0.143 e. The highest BCUT2D eigenvalue weighted by Crippen LogP contribution is 2.29. The Bertz CT molecular complexity index is 1030. The van der Waals surface area contributed by atoms with E-state index in [9.17, 15) is 4.39 Å². The Morgan fingerprint density at radius 2 is 1.88 bits per heavy atom. The zero-order chi connectivity index (χ0) is 17.2. The number of aromatic nitrogens is 3. The topological polar surface area (TPSA) is 62.8 Å². The fraction of sp³-hybridized carbons (Fsp3) is 0.0526. The van der Waals surface area contributed by atoms with Crippen LogP contribution in [0.15, 0.2) is 60.9 Å². The summed E-state index contributed by atoms with van der Waals surface area (Å²) in [6.07, 6.45) is 1.49. The van der Waals surface area contributed by atoms with Gasteiger partial charge in [-0.15, -0.1) is 0 Å². The molecule has 25 heavy (non-hydrogen) atoms. The number of aromatic amines is 1. The molecule has 4 aromatic rings. The van der Waals surface area contributed by atoms with Crippen molar-refractivity contribution in [1.82, 2.24) is 15.0 Å². The number of fused-ring (bicyclic) bond motifs is 1. The first-order chi connectivity index (χ1) is 12.2. The van der Waals surface area contributed by atoms with Crippen LogP contribution in [0.5, 0.6) is 5.75 Å². The van der Waals surface area contributed by atoms with Crippen molar-refractivity contribution in [3.63, 3.8) is 0 Å². The number of halogens is 1. The second-order valence-corrected chi connectivity index (χ2v) is 5.53. The minimum Gasteiger partial charge on any atom is -0.497 e. The lowest BCUT2D eigenvalue weighted by Crippen LogP contribution is -1.94. The first kappa shape index (κ1) is 15.1. The molecular formula is C19H15FN4O. The summed E-state index contributed by atoms with van der Waals surface area (Å²) in [5, 5.41) is 4.05. The van der Waals surface area contributed by atoms with Crippen molar-refractivity contribution in [2.75, 3.05) is 12.4 Å². The summed E-state index contributed by atoms with van der Waals surface area (Å²) in [7, 11) is 1.64. The fourth-order valence-electron chi connectivity index (χ4n) is 2.66. The van der Waals surface area contributed by atoms with E-state index in [1.807, 2.05) is 30.3 Å². The van der Waals surface area contributed by atoms with Crippen molar-refractivity contribution in [1.29, 1.82) is 0 Å². The fourth-order valence-corrected chi connectivity index (χ4v) is 2.66. The Balaban J connectivity index is 1.74. The molecule has 0 radical (unpaired) electrons. The molecule has 6 heteroatoms. The van der Waals surface area contributed by atoms with Gasteiger partial charge >= 0.3 is 0 Å². The molecule has 0 aliphatic carbocycles. The number of anilines is 2. The Hall–Kier alpha value is -3.41. The molecule has 5 nitrogen and oxygen atoms in total. The zero-order valence-corrected chi connectivity index (χ0v) is 13.5. The quantitative estimate of drug-likeness (QED) is 0.576. The van der Waals surface area contributed by atoms with Crippen molar-refractivity contribution < 1.29 is 9.13 Å². The molecule has 0 saturated carbocycles. The standard InChI is InChI=1S/C19H15FN4O/c1-25-15-4-2-3-12(9-15)17-10-16-18(21-11-22-19(16)24-17)23-14-7-5-13(20)6-8-14/h2-11H,1H3,(H2,21,22,23,24). The van der Waals surface area contributed by atoms with Gasteiger partial charge in [0.1, 0.15) is 29.4 Å². The van der Waals surface area contributed by atoms with Crippen LogP contribution in [0.3, 0.4) is 0 Å². The van der Waals surface area contributed by atoms with E-state index < -0.39 is 0 Å². The number of ether oxygens (including phenoxy) is 1. The predicted molar refractivity (Wildman–Crippen MR) is 95.6 cm³/mol. The molecule has 2 aromatic carbocycles. The van der Waals surface area contributed by atoms with Crippen LogP contribution in [-0.2, 0) is 0 Å². The SMILES string of the molecule is COc1cccc(-c2cc3c(Nc4ccc(F)cc4)ncnc3[nH]2)c1. The van der Waals surface area contributed by atoms with Crippen molar-refractivity contribution in [3.8, 4) is 17.0 Å². The number of H-pyrrole nitrogens is 1. The van der Waals surface area contributed by atoms with Crippen LogP contribution in [0.4, 0.5) is 15.9 Å². The van der Waals surface area contributed by atoms with Gasteiger partial charge in [-0.3, -0.25) is 0 Å². The molecule has 0 unspecified atom stereocenters. The number of nitrogens with zero attached hydrogens (tertiary/aromatic N) is 2. The minimum atomic E-state index is -0.277. The van der Waals surface area contributed by atoms with Gasteiger partial charge in [0.2, 0.25) is 0 Å². The van der Waals surface area contributed by atoms with Crippen molar-refractivity contribution >= 4 is 22.5 Å². The molecule has 0 amide bonds. The number of nitrogens with one attached hydrogen (secondary N) is 2. The predicted octanol–water partition coefficient (Wildman–Crippen LogP) is 4.52. The van der Waals surface area contributed by atoms with E-state index >= 15 is 0 Å². The summed E-state index contributed by atoms with van der Waals surface area (Å²) < 4.78 is 18.3. The Kier molecular flexibility index (Phi) is 3.78. The van der Waals surface area contributed by atoms with Gasteiger partial charge in [-0.1, -0.05) is 12.1 Å². The van der Waals surface area contributed by atoms with Gasteiger partial charge in [0.05, 0.1) is 12.5 Å². The molecule has 0 atom stereocenters. The van der Waals surface area contributed by atoms with Crippen LogP contribution in [-0.4, -0.2) is 22.1 Å². The lowest BCUT2D eigenvalue weighted by molar-refractivity contribution is 0.415. The second kappa shape index (κ2) is 6.24. The Labute approximate surface area is 143 Å². The van der Waals surface area contributed by atoms with Crippen LogP contribution < -0.4 is 10.1 Å². The second-order valence-electron chi connectivity index (χ2n) is 5.53. The molecule has 0 spiro atoms. The van der Waals surface area contributed by atoms with Crippen LogP contribution in [0.2, 0.25) is 0 Å². The number of methoxy groups -OCH3 is 1. The van der Waals surface area contributed by atoms with E-state index in [-0.39, 0.29) is 5.82 Å². The molecule has 0 aliphatic rings. The lowest BCUT2D eigenvalue weighted by atomic mass is 10.1. The maximum absolute atomic E-state index is 13.1. The lowest BCUT2D eigenvalue weighted by Gasteiger charge is -2.05. The molecule has 2 N–H and O–H groups in total. The maximum atomic E-state index is 13.1. The highest BCUT2D eigenvalue weighted by atomic mass is 19.1. The summed E-state index contributed by atoms with van der Waals surface area (Å²) in [6.45, 7) is 0. The highest BCUT2D eigenvalue weighted by molar-refractivity contribution is 5.93. The number of hydrogen-bond donors (Lipinski definition) is 2. The van der Waals surface area contributed by atoms with Crippen molar-refractivity contribution in [3.05, 3.63) is 66.7 Å². The number of hydrogen-bond acceptors (Lipinski definition) is 4. The van der Waals surface area contributed by atoms with Gasteiger partial charge in [0.15, 0.2) is 0 Å². The minimum absolute atomic E-state index is 0.277. The smallest absolute Gasteiger partial charge is 0.143 e. The molecule has 0 fully saturated rings. The molecule has 0 bridgehead atoms. The van der Waals surface area contributed by atoms with Gasteiger partial charge < -0.3 is 15.0 Å². The average molecular weight is 334 g/mol. The molecule has 0 aliphatic heterocycles. The van der Waals surface area contributed by atoms with Crippen LogP contribution >= 0.6 is 0 Å². The highest BCUT2D eigenvalue weighted by Gasteiger charge is 2.10.